The molecule has 0 aliphatic rings. The van der Waals surface area contributed by atoms with Crippen LogP contribution in [0, 0.1) is 16.0 Å². The SMILES string of the molecule is CC(C)COCCNC(=O)c1cccc([N+](=O)[O-])c1O. The number of carbonyl (C=O) groups excluding carboxylic acids is 1. The molecule has 0 radical (unpaired) electrons. The Morgan fingerprint density at radius 1 is 1.50 bits per heavy atom. The lowest BCUT2D eigenvalue weighted by Crippen LogP contribution is -2.27. The number of carbonyl (C=O) groups is 1. The minimum Gasteiger partial charge on any atom is -0.502 e. The average molecular weight is 282 g/mol. The third-order valence-corrected chi connectivity index (χ3v) is 2.44. The third-order valence-electron chi connectivity index (χ3n) is 2.44. The molecule has 1 aromatic carbocycles. The number of nitrogens with one attached hydrogen (secondary N) is 1. The molecule has 0 bridgehead atoms. The van der Waals surface area contributed by atoms with E-state index in [1.165, 1.54) is 12.1 Å². The number of para-hydroxylation sites is 1. The van der Waals surface area contributed by atoms with Gasteiger partial charge in [0, 0.05) is 19.2 Å². The van der Waals surface area contributed by atoms with Crippen LogP contribution in [0.3, 0.4) is 0 Å². The highest BCUT2D eigenvalue weighted by molar-refractivity contribution is 5.98. The van der Waals surface area contributed by atoms with E-state index in [4.69, 9.17) is 4.74 Å². The van der Waals surface area contributed by atoms with E-state index in [2.05, 4.69) is 5.32 Å². The molecule has 0 aliphatic heterocycles. The summed E-state index contributed by atoms with van der Waals surface area (Å²) in [6.45, 7) is 5.24. The molecule has 0 spiro atoms. The average Bonchev–Trinajstić information content (AvgIpc) is 2.37. The quantitative estimate of drug-likeness (QED) is 0.450. The Bertz CT molecular complexity index is 488. The monoisotopic (exact) mass is 282 g/mol. The molecule has 0 saturated heterocycles. The lowest BCUT2D eigenvalue weighted by atomic mass is 10.1. The molecule has 7 heteroatoms. The number of nitrogens with zero attached hydrogens (tertiary/aromatic N) is 1. The van der Waals surface area contributed by atoms with E-state index in [0.29, 0.717) is 19.1 Å². The van der Waals surface area contributed by atoms with Gasteiger partial charge in [-0.05, 0) is 12.0 Å². The van der Waals surface area contributed by atoms with Gasteiger partial charge in [0.1, 0.15) is 0 Å². The second-order valence-corrected chi connectivity index (χ2v) is 4.66. The van der Waals surface area contributed by atoms with Crippen molar-refractivity contribution in [1.29, 1.82) is 0 Å². The van der Waals surface area contributed by atoms with Crippen molar-refractivity contribution >= 4 is 11.6 Å². The summed E-state index contributed by atoms with van der Waals surface area (Å²) in [6, 6.07) is 3.81. The number of hydrogen-bond donors (Lipinski definition) is 2. The molecular formula is C13H18N2O5. The summed E-state index contributed by atoms with van der Waals surface area (Å²) in [7, 11) is 0. The summed E-state index contributed by atoms with van der Waals surface area (Å²) < 4.78 is 5.29. The summed E-state index contributed by atoms with van der Waals surface area (Å²) in [6.07, 6.45) is 0. The maximum Gasteiger partial charge on any atom is 0.311 e. The minimum absolute atomic E-state index is 0.122. The van der Waals surface area contributed by atoms with Crippen LogP contribution in [0.1, 0.15) is 24.2 Å². The number of amides is 1. The van der Waals surface area contributed by atoms with Crippen molar-refractivity contribution in [3.05, 3.63) is 33.9 Å². The van der Waals surface area contributed by atoms with Gasteiger partial charge in [-0.2, -0.15) is 0 Å². The van der Waals surface area contributed by atoms with Crippen molar-refractivity contribution in [1.82, 2.24) is 5.32 Å². The lowest BCUT2D eigenvalue weighted by Gasteiger charge is -2.09. The molecule has 0 heterocycles. The molecule has 0 aliphatic carbocycles. The van der Waals surface area contributed by atoms with Gasteiger partial charge in [-0.25, -0.2) is 0 Å². The van der Waals surface area contributed by atoms with E-state index in [9.17, 15) is 20.0 Å². The first-order valence-corrected chi connectivity index (χ1v) is 6.25. The molecular weight excluding hydrogens is 264 g/mol. The standard InChI is InChI=1S/C13H18N2O5/c1-9(2)8-20-7-6-14-13(17)10-4-3-5-11(12(10)16)15(18)19/h3-5,9,16H,6-8H2,1-2H3,(H,14,17). The fourth-order valence-corrected chi connectivity index (χ4v) is 1.51. The molecule has 1 aromatic rings. The van der Waals surface area contributed by atoms with Gasteiger partial charge in [0.05, 0.1) is 17.1 Å². The van der Waals surface area contributed by atoms with Crippen LogP contribution >= 0.6 is 0 Å². The molecule has 110 valence electrons. The Kier molecular flexibility index (Phi) is 5.92. The van der Waals surface area contributed by atoms with Crippen LogP contribution < -0.4 is 5.32 Å². The Balaban J connectivity index is 2.56. The van der Waals surface area contributed by atoms with Gasteiger partial charge >= 0.3 is 5.69 Å². The molecule has 2 N–H and O–H groups in total. The second kappa shape index (κ2) is 7.44. The zero-order chi connectivity index (χ0) is 15.1. The highest BCUT2D eigenvalue weighted by Crippen LogP contribution is 2.28. The molecule has 20 heavy (non-hydrogen) atoms. The van der Waals surface area contributed by atoms with E-state index >= 15 is 0 Å². The first kappa shape index (κ1) is 15.9. The zero-order valence-corrected chi connectivity index (χ0v) is 11.5. The van der Waals surface area contributed by atoms with Crippen LogP contribution in [-0.4, -0.2) is 35.7 Å². The van der Waals surface area contributed by atoms with E-state index in [1.54, 1.807) is 0 Å². The number of aromatic hydroxyl groups is 1. The topological polar surface area (TPSA) is 102 Å². The number of phenols is 1. The molecule has 7 nitrogen and oxygen atoms in total. The van der Waals surface area contributed by atoms with Gasteiger partial charge in [-0.3, -0.25) is 14.9 Å². The first-order valence-electron chi connectivity index (χ1n) is 6.25. The van der Waals surface area contributed by atoms with E-state index in [0.717, 1.165) is 6.07 Å². The molecule has 1 rings (SSSR count). The van der Waals surface area contributed by atoms with Gasteiger partial charge in [-0.1, -0.05) is 19.9 Å². The molecule has 1 amide bonds. The molecule has 0 saturated carbocycles. The van der Waals surface area contributed by atoms with E-state index in [-0.39, 0.29) is 12.1 Å². The molecule has 0 atom stereocenters. The van der Waals surface area contributed by atoms with Gasteiger partial charge in [0.15, 0.2) is 0 Å². The first-order chi connectivity index (χ1) is 9.43. The highest BCUT2D eigenvalue weighted by Gasteiger charge is 2.20. The lowest BCUT2D eigenvalue weighted by molar-refractivity contribution is -0.385. The highest BCUT2D eigenvalue weighted by atomic mass is 16.6. The molecule has 0 fully saturated rings. The van der Waals surface area contributed by atoms with Crippen LogP contribution in [0.15, 0.2) is 18.2 Å². The summed E-state index contributed by atoms with van der Waals surface area (Å²) in [5.41, 5.74) is -0.614. The van der Waals surface area contributed by atoms with Gasteiger partial charge in [0.2, 0.25) is 5.75 Å². The van der Waals surface area contributed by atoms with Crippen LogP contribution in [0.25, 0.3) is 0 Å². The minimum atomic E-state index is -0.738. The van der Waals surface area contributed by atoms with Crippen molar-refractivity contribution in [2.75, 3.05) is 19.8 Å². The van der Waals surface area contributed by atoms with Gasteiger partial charge < -0.3 is 15.2 Å². The van der Waals surface area contributed by atoms with Crippen molar-refractivity contribution in [3.8, 4) is 5.75 Å². The Labute approximate surface area is 116 Å². The largest absolute Gasteiger partial charge is 0.502 e. The van der Waals surface area contributed by atoms with Crippen molar-refractivity contribution < 1.29 is 19.6 Å². The van der Waals surface area contributed by atoms with Crippen LogP contribution in [0.2, 0.25) is 0 Å². The number of benzene rings is 1. The smallest absolute Gasteiger partial charge is 0.311 e. The summed E-state index contributed by atoms with van der Waals surface area (Å²) >= 11 is 0. The van der Waals surface area contributed by atoms with Gasteiger partial charge in [-0.15, -0.1) is 0 Å². The molecule has 0 unspecified atom stereocenters. The summed E-state index contributed by atoms with van der Waals surface area (Å²) in [5.74, 6) is -0.788. The van der Waals surface area contributed by atoms with Crippen LogP contribution in [0.5, 0.6) is 5.75 Å². The second-order valence-electron chi connectivity index (χ2n) is 4.66. The Morgan fingerprint density at radius 2 is 2.20 bits per heavy atom. The fraction of sp³-hybridized carbons (Fsp3) is 0.462. The van der Waals surface area contributed by atoms with Crippen molar-refractivity contribution in [3.63, 3.8) is 0 Å². The maximum atomic E-state index is 11.8. The van der Waals surface area contributed by atoms with Crippen molar-refractivity contribution in [2.24, 2.45) is 5.92 Å². The number of nitro groups is 1. The van der Waals surface area contributed by atoms with Crippen molar-refractivity contribution in [2.45, 2.75) is 13.8 Å². The number of phenolic OH excluding ortho intramolecular Hbond substituents is 1. The molecule has 0 aromatic heterocycles. The number of ether oxygens (including phenoxy) is 1. The number of nitro benzene ring substituents is 1. The summed E-state index contributed by atoms with van der Waals surface area (Å²) in [4.78, 5) is 21.7. The normalized spacial score (nSPS) is 10.6. The predicted octanol–water partition coefficient (Wildman–Crippen LogP) is 1.70. The Morgan fingerprint density at radius 3 is 2.80 bits per heavy atom. The fourth-order valence-electron chi connectivity index (χ4n) is 1.51. The third kappa shape index (κ3) is 4.51. The van der Waals surface area contributed by atoms with E-state index < -0.39 is 22.3 Å². The Hall–Kier alpha value is -2.15. The van der Waals surface area contributed by atoms with E-state index in [1.807, 2.05) is 13.8 Å². The number of hydrogen-bond acceptors (Lipinski definition) is 5. The van der Waals surface area contributed by atoms with Gasteiger partial charge in [0.25, 0.3) is 5.91 Å². The van der Waals surface area contributed by atoms with Crippen LogP contribution in [0.4, 0.5) is 5.69 Å². The summed E-state index contributed by atoms with van der Waals surface area (Å²) in [5, 5.41) is 22.9. The maximum absolute atomic E-state index is 11.8. The predicted molar refractivity (Wildman–Crippen MR) is 72.8 cm³/mol. The van der Waals surface area contributed by atoms with Crippen LogP contribution in [-0.2, 0) is 4.74 Å². The zero-order valence-electron chi connectivity index (χ0n) is 11.5. The number of rotatable bonds is 7.